The van der Waals surface area contributed by atoms with E-state index < -0.39 is 0 Å². The van der Waals surface area contributed by atoms with Crippen molar-refractivity contribution >= 4 is 11.6 Å². The van der Waals surface area contributed by atoms with Crippen molar-refractivity contribution in [2.75, 3.05) is 0 Å². The number of benzene rings is 2. The summed E-state index contributed by atoms with van der Waals surface area (Å²) in [5.74, 6) is 0.843. The van der Waals surface area contributed by atoms with Crippen molar-refractivity contribution in [3.8, 4) is 5.75 Å². The maximum atomic E-state index is 5.97. The van der Waals surface area contributed by atoms with Gasteiger partial charge < -0.3 is 10.5 Å². The predicted molar refractivity (Wildman–Crippen MR) is 79.6 cm³/mol. The van der Waals surface area contributed by atoms with Crippen molar-refractivity contribution in [3.05, 3.63) is 64.2 Å². The highest BCUT2D eigenvalue weighted by molar-refractivity contribution is 6.30. The van der Waals surface area contributed by atoms with Crippen LogP contribution in [0, 0.1) is 6.92 Å². The Kier molecular flexibility index (Phi) is 4.46. The van der Waals surface area contributed by atoms with Crippen molar-refractivity contribution in [2.24, 2.45) is 5.73 Å². The second kappa shape index (κ2) is 6.09. The van der Waals surface area contributed by atoms with Crippen LogP contribution in [0.3, 0.4) is 0 Å². The highest BCUT2D eigenvalue weighted by Crippen LogP contribution is 2.26. The largest absolute Gasteiger partial charge is 0.489 e. The van der Waals surface area contributed by atoms with Crippen LogP contribution in [-0.2, 0) is 6.61 Å². The molecule has 1 atom stereocenters. The fourth-order valence-corrected chi connectivity index (χ4v) is 2.02. The summed E-state index contributed by atoms with van der Waals surface area (Å²) in [6, 6.07) is 13.7. The third-order valence-corrected chi connectivity index (χ3v) is 3.22. The van der Waals surface area contributed by atoms with Crippen LogP contribution in [0.4, 0.5) is 0 Å². The summed E-state index contributed by atoms with van der Waals surface area (Å²) in [5.41, 5.74) is 9.28. The molecule has 0 spiro atoms. The zero-order valence-electron chi connectivity index (χ0n) is 11.2. The third-order valence-electron chi connectivity index (χ3n) is 2.96. The number of halogens is 1. The SMILES string of the molecule is Cc1ccc(OCc2ccc(Cl)cc2)c(C(C)N)c1. The van der Waals surface area contributed by atoms with Crippen LogP contribution in [0.1, 0.15) is 29.7 Å². The molecule has 100 valence electrons. The lowest BCUT2D eigenvalue weighted by atomic mass is 10.1. The molecule has 2 nitrogen and oxygen atoms in total. The number of hydrogen-bond donors (Lipinski definition) is 1. The van der Waals surface area contributed by atoms with Gasteiger partial charge >= 0.3 is 0 Å². The van der Waals surface area contributed by atoms with Crippen LogP contribution in [0.25, 0.3) is 0 Å². The van der Waals surface area contributed by atoms with Gasteiger partial charge in [0.25, 0.3) is 0 Å². The molecule has 2 aromatic carbocycles. The number of rotatable bonds is 4. The normalized spacial score (nSPS) is 12.2. The van der Waals surface area contributed by atoms with E-state index >= 15 is 0 Å². The van der Waals surface area contributed by atoms with Crippen LogP contribution in [0.5, 0.6) is 5.75 Å². The predicted octanol–water partition coefficient (Wildman–Crippen LogP) is 4.25. The third kappa shape index (κ3) is 3.72. The standard InChI is InChI=1S/C16H18ClNO/c1-11-3-8-16(15(9-11)12(2)18)19-10-13-4-6-14(17)7-5-13/h3-9,12H,10,18H2,1-2H3. The van der Waals surface area contributed by atoms with E-state index in [9.17, 15) is 0 Å². The molecule has 0 saturated heterocycles. The molecule has 2 N–H and O–H groups in total. The maximum Gasteiger partial charge on any atom is 0.124 e. The van der Waals surface area contributed by atoms with Gasteiger partial charge in [-0.2, -0.15) is 0 Å². The smallest absolute Gasteiger partial charge is 0.124 e. The summed E-state index contributed by atoms with van der Waals surface area (Å²) in [6.07, 6.45) is 0. The molecule has 0 aliphatic heterocycles. The first-order valence-corrected chi connectivity index (χ1v) is 6.67. The van der Waals surface area contributed by atoms with Gasteiger partial charge in [-0.3, -0.25) is 0 Å². The summed E-state index contributed by atoms with van der Waals surface area (Å²) in [4.78, 5) is 0. The van der Waals surface area contributed by atoms with Gasteiger partial charge in [-0.05, 0) is 37.6 Å². The van der Waals surface area contributed by atoms with E-state index in [0.717, 1.165) is 21.9 Å². The Hall–Kier alpha value is -1.51. The summed E-state index contributed by atoms with van der Waals surface area (Å²) < 4.78 is 5.86. The Balaban J connectivity index is 2.13. The lowest BCUT2D eigenvalue weighted by Gasteiger charge is -2.15. The second-order valence-electron chi connectivity index (χ2n) is 4.75. The lowest BCUT2D eigenvalue weighted by molar-refractivity contribution is 0.301. The molecule has 0 aromatic heterocycles. The Labute approximate surface area is 119 Å². The van der Waals surface area contributed by atoms with E-state index in [-0.39, 0.29) is 6.04 Å². The molecule has 0 aliphatic rings. The molecular weight excluding hydrogens is 258 g/mol. The molecule has 0 heterocycles. The first kappa shape index (κ1) is 13.9. The van der Waals surface area contributed by atoms with Crippen LogP contribution < -0.4 is 10.5 Å². The van der Waals surface area contributed by atoms with Crippen molar-refractivity contribution in [3.63, 3.8) is 0 Å². The maximum absolute atomic E-state index is 5.97. The highest BCUT2D eigenvalue weighted by Gasteiger charge is 2.08. The topological polar surface area (TPSA) is 35.2 Å². The summed E-state index contributed by atoms with van der Waals surface area (Å²) in [6.45, 7) is 4.53. The van der Waals surface area contributed by atoms with Gasteiger partial charge in [-0.1, -0.05) is 41.4 Å². The Morgan fingerprint density at radius 1 is 1.16 bits per heavy atom. The van der Waals surface area contributed by atoms with E-state index in [0.29, 0.717) is 6.61 Å². The summed E-state index contributed by atoms with van der Waals surface area (Å²) >= 11 is 5.86. The van der Waals surface area contributed by atoms with E-state index in [1.165, 1.54) is 5.56 Å². The van der Waals surface area contributed by atoms with Gasteiger partial charge in [0.2, 0.25) is 0 Å². The summed E-state index contributed by atoms with van der Waals surface area (Å²) in [5, 5.41) is 0.732. The average Bonchev–Trinajstić information content (AvgIpc) is 2.39. The van der Waals surface area contributed by atoms with Crippen molar-refractivity contribution in [2.45, 2.75) is 26.5 Å². The molecule has 2 aromatic rings. The van der Waals surface area contributed by atoms with Crippen LogP contribution in [-0.4, -0.2) is 0 Å². The van der Waals surface area contributed by atoms with E-state index in [1.54, 1.807) is 0 Å². The molecule has 1 unspecified atom stereocenters. The fourth-order valence-electron chi connectivity index (χ4n) is 1.90. The number of hydrogen-bond acceptors (Lipinski definition) is 2. The molecule has 0 aliphatic carbocycles. The van der Waals surface area contributed by atoms with Gasteiger partial charge in [0.05, 0.1) is 0 Å². The van der Waals surface area contributed by atoms with E-state index in [4.69, 9.17) is 22.1 Å². The molecule has 0 radical (unpaired) electrons. The van der Waals surface area contributed by atoms with E-state index in [2.05, 4.69) is 13.0 Å². The fraction of sp³-hybridized carbons (Fsp3) is 0.250. The van der Waals surface area contributed by atoms with Crippen LogP contribution in [0.2, 0.25) is 5.02 Å². The van der Waals surface area contributed by atoms with Crippen LogP contribution >= 0.6 is 11.6 Å². The zero-order chi connectivity index (χ0) is 13.8. The van der Waals surface area contributed by atoms with Gasteiger partial charge in [-0.15, -0.1) is 0 Å². The Bertz CT molecular complexity index is 549. The molecule has 0 bridgehead atoms. The Morgan fingerprint density at radius 2 is 1.84 bits per heavy atom. The average molecular weight is 276 g/mol. The molecule has 19 heavy (non-hydrogen) atoms. The zero-order valence-corrected chi connectivity index (χ0v) is 11.9. The van der Waals surface area contributed by atoms with E-state index in [1.807, 2.05) is 43.3 Å². The van der Waals surface area contributed by atoms with Gasteiger partial charge in [0.15, 0.2) is 0 Å². The molecule has 0 saturated carbocycles. The second-order valence-corrected chi connectivity index (χ2v) is 5.18. The Morgan fingerprint density at radius 3 is 2.47 bits per heavy atom. The summed E-state index contributed by atoms with van der Waals surface area (Å²) in [7, 11) is 0. The molecular formula is C16H18ClNO. The first-order valence-electron chi connectivity index (χ1n) is 6.29. The molecule has 0 amide bonds. The van der Waals surface area contributed by atoms with Crippen molar-refractivity contribution in [1.82, 2.24) is 0 Å². The van der Waals surface area contributed by atoms with Gasteiger partial charge in [-0.25, -0.2) is 0 Å². The quantitative estimate of drug-likeness (QED) is 0.905. The minimum Gasteiger partial charge on any atom is -0.489 e. The molecule has 0 fully saturated rings. The number of aryl methyl sites for hydroxylation is 1. The van der Waals surface area contributed by atoms with Crippen molar-refractivity contribution < 1.29 is 4.74 Å². The minimum absolute atomic E-state index is 0.0416. The highest BCUT2D eigenvalue weighted by atomic mass is 35.5. The first-order chi connectivity index (χ1) is 9.06. The lowest BCUT2D eigenvalue weighted by Crippen LogP contribution is -2.08. The van der Waals surface area contributed by atoms with Gasteiger partial charge in [0.1, 0.15) is 12.4 Å². The van der Waals surface area contributed by atoms with Crippen LogP contribution in [0.15, 0.2) is 42.5 Å². The van der Waals surface area contributed by atoms with Gasteiger partial charge in [0, 0.05) is 16.6 Å². The minimum atomic E-state index is -0.0416. The number of ether oxygens (including phenoxy) is 1. The monoisotopic (exact) mass is 275 g/mol. The van der Waals surface area contributed by atoms with Crippen molar-refractivity contribution in [1.29, 1.82) is 0 Å². The number of nitrogens with two attached hydrogens (primary N) is 1. The molecule has 2 rings (SSSR count). The molecule has 3 heteroatoms.